The number of ether oxygens (including phenoxy) is 1. The number of para-hydroxylation sites is 3. The maximum absolute atomic E-state index is 6.85. The molecular formula is C74H70N4OPt-2. The van der Waals surface area contributed by atoms with Gasteiger partial charge in [-0.2, -0.15) is 18.2 Å². The second-order valence-corrected chi connectivity index (χ2v) is 26.8. The third kappa shape index (κ3) is 8.87. The molecule has 80 heavy (non-hydrogen) atoms. The van der Waals surface area contributed by atoms with Crippen molar-refractivity contribution in [2.45, 2.75) is 130 Å². The molecule has 6 heteroatoms. The van der Waals surface area contributed by atoms with E-state index in [1.807, 2.05) is 18.3 Å². The van der Waals surface area contributed by atoms with E-state index in [2.05, 4.69) is 268 Å². The van der Waals surface area contributed by atoms with Gasteiger partial charge in [0.2, 0.25) is 0 Å². The molecule has 0 atom stereocenters. The quantitative estimate of drug-likeness (QED) is 0.127. The van der Waals surface area contributed by atoms with Gasteiger partial charge in [-0.1, -0.05) is 199 Å². The molecule has 5 nitrogen and oxygen atoms in total. The van der Waals surface area contributed by atoms with Gasteiger partial charge in [-0.25, -0.2) is 4.98 Å². The van der Waals surface area contributed by atoms with Crippen LogP contribution in [0.1, 0.15) is 131 Å². The minimum absolute atomic E-state index is 0. The monoisotopic (exact) mass is 1230 g/mol. The molecule has 4 heterocycles. The van der Waals surface area contributed by atoms with Crippen LogP contribution >= 0.6 is 0 Å². The van der Waals surface area contributed by atoms with E-state index in [1.54, 1.807) is 0 Å². The topological polar surface area (TPSA) is 35.9 Å². The second kappa shape index (κ2) is 18.9. The summed E-state index contributed by atoms with van der Waals surface area (Å²) in [4.78, 5) is 4.92. The van der Waals surface area contributed by atoms with E-state index in [4.69, 9.17) is 9.72 Å². The molecule has 13 rings (SSSR count). The van der Waals surface area contributed by atoms with Gasteiger partial charge in [-0.15, -0.1) is 29.7 Å². The maximum atomic E-state index is 6.85. The van der Waals surface area contributed by atoms with Crippen LogP contribution in [0, 0.1) is 18.5 Å². The predicted molar refractivity (Wildman–Crippen MR) is 327 cm³/mol. The molecule has 11 aromatic rings. The van der Waals surface area contributed by atoms with Crippen LogP contribution in [-0.4, -0.2) is 14.1 Å². The van der Waals surface area contributed by atoms with Gasteiger partial charge in [0.25, 0.3) is 6.33 Å². The largest absolute Gasteiger partial charge is 0.510 e. The fourth-order valence-electron chi connectivity index (χ4n) is 12.5. The normalized spacial score (nSPS) is 14.6. The summed E-state index contributed by atoms with van der Waals surface area (Å²) in [6.45, 7) is 30.4. The van der Waals surface area contributed by atoms with E-state index in [9.17, 15) is 0 Å². The van der Waals surface area contributed by atoms with Gasteiger partial charge in [0, 0.05) is 44.3 Å². The van der Waals surface area contributed by atoms with Crippen molar-refractivity contribution in [3.8, 4) is 73.2 Å². The minimum Gasteiger partial charge on any atom is -0.510 e. The average Bonchev–Trinajstić information content (AvgIpc) is 4.03. The van der Waals surface area contributed by atoms with Gasteiger partial charge in [-0.3, -0.25) is 4.57 Å². The molecule has 3 aromatic heterocycles. The van der Waals surface area contributed by atoms with Crippen LogP contribution < -0.4 is 9.30 Å². The Bertz CT molecular complexity index is 4260. The standard InChI is InChI=1S/C74H70N4O.Pt/c1-70(2,3)47-33-36-75-67(40-47)78-64-29-17-16-25-56(64)57-32-31-52(42-66(57)78)79-51-22-18-21-50(41-51)76-45-77-68-53(46-37-48(71(4,5)6)39-49(38-46)72(7,8)9)26-19-27-59(68)61-44-63-62(73(10,11)34-35-74(63,12)13)43-60(61)55-24-15-14-23-54(55)58-28-20-30-65(76)69(58)77;/h14-33,36-40,43-44H,34-35H2,1-13H3;/q-2;. The van der Waals surface area contributed by atoms with E-state index >= 15 is 0 Å². The van der Waals surface area contributed by atoms with Gasteiger partial charge < -0.3 is 13.9 Å². The molecule has 8 aromatic carbocycles. The zero-order valence-electron chi connectivity index (χ0n) is 48.5. The Morgan fingerprint density at radius 1 is 0.500 bits per heavy atom. The van der Waals surface area contributed by atoms with E-state index in [0.29, 0.717) is 11.5 Å². The summed E-state index contributed by atoms with van der Waals surface area (Å²) in [6.07, 6.45) is 8.23. The Morgan fingerprint density at radius 3 is 1.75 bits per heavy atom. The summed E-state index contributed by atoms with van der Waals surface area (Å²) in [5.74, 6) is 2.02. The van der Waals surface area contributed by atoms with Crippen LogP contribution in [0.5, 0.6) is 11.5 Å². The average molecular weight is 1230 g/mol. The van der Waals surface area contributed by atoms with Crippen molar-refractivity contribution in [1.29, 1.82) is 0 Å². The summed E-state index contributed by atoms with van der Waals surface area (Å²) in [5.41, 5.74) is 22.1. The van der Waals surface area contributed by atoms with Crippen molar-refractivity contribution in [2.24, 2.45) is 0 Å². The molecule has 0 fully saturated rings. The maximum Gasteiger partial charge on any atom is 0.268 e. The Hall–Kier alpha value is -7.33. The summed E-state index contributed by atoms with van der Waals surface area (Å²) in [5, 5.41) is 2.22. The number of pyridine rings is 1. The first-order valence-electron chi connectivity index (χ1n) is 28.2. The summed E-state index contributed by atoms with van der Waals surface area (Å²) >= 11 is 0. The molecule has 1 aliphatic heterocycles. The van der Waals surface area contributed by atoms with Gasteiger partial charge in [0.05, 0.1) is 16.7 Å². The fourth-order valence-corrected chi connectivity index (χ4v) is 12.5. The number of hydrogen-bond donors (Lipinski definition) is 0. The zero-order chi connectivity index (χ0) is 55.1. The molecule has 0 radical (unpaired) electrons. The van der Waals surface area contributed by atoms with Gasteiger partial charge >= 0.3 is 0 Å². The minimum atomic E-state index is -0.0784. The predicted octanol–water partition coefficient (Wildman–Crippen LogP) is 18.8. The molecule has 0 bridgehead atoms. The van der Waals surface area contributed by atoms with Crippen molar-refractivity contribution < 1.29 is 30.4 Å². The van der Waals surface area contributed by atoms with Gasteiger partial charge in [-0.05, 0) is 148 Å². The zero-order valence-corrected chi connectivity index (χ0v) is 50.8. The van der Waals surface area contributed by atoms with Crippen LogP contribution in [-0.2, 0) is 48.1 Å². The summed E-state index contributed by atoms with van der Waals surface area (Å²) in [7, 11) is 0. The molecule has 0 N–H and O–H groups in total. The Balaban J connectivity index is 0.00000637. The molecule has 0 amide bonds. The molecule has 2 aliphatic rings. The number of rotatable bonds is 5. The number of nitrogens with zero attached hydrogens (tertiary/aromatic N) is 4. The second-order valence-electron chi connectivity index (χ2n) is 26.8. The molecule has 0 unspecified atom stereocenters. The van der Waals surface area contributed by atoms with Crippen LogP contribution in [0.25, 0.3) is 94.5 Å². The van der Waals surface area contributed by atoms with Crippen molar-refractivity contribution in [3.05, 3.63) is 210 Å². The Morgan fingerprint density at radius 2 is 1.06 bits per heavy atom. The molecule has 1 aliphatic carbocycles. The summed E-state index contributed by atoms with van der Waals surface area (Å²) in [6, 6.07) is 65.7. The van der Waals surface area contributed by atoms with Crippen molar-refractivity contribution in [2.75, 3.05) is 0 Å². The first-order chi connectivity index (χ1) is 37.5. The van der Waals surface area contributed by atoms with Crippen molar-refractivity contribution in [1.82, 2.24) is 14.1 Å². The van der Waals surface area contributed by atoms with Crippen LogP contribution in [0.2, 0.25) is 0 Å². The van der Waals surface area contributed by atoms with E-state index in [1.165, 1.54) is 61.2 Å². The van der Waals surface area contributed by atoms with E-state index < -0.39 is 0 Å². The third-order valence-electron chi connectivity index (χ3n) is 17.3. The number of fused-ring (bicyclic) bond motifs is 11. The molecule has 404 valence electrons. The first kappa shape index (κ1) is 53.3. The SMILES string of the molecule is CC(C)(C)c1cc(-c2cccc3c2-[n+]2[c-]n(-c4[c-]c(Oc5[c-]c6c(cc5)c5ccccc5n6-c5cc(C(C)(C)C)ccn5)ccc4)c4cccc(c42)-c2ccccc2-c2cc4c(cc2-3)C(C)(C)CCC4(C)C)cc(C(C)(C)C)c1.[Pt]. The number of aromatic nitrogens is 4. The number of hydrogen-bond acceptors (Lipinski definition) is 2. The summed E-state index contributed by atoms with van der Waals surface area (Å²) < 4.78 is 13.6. The van der Waals surface area contributed by atoms with Gasteiger partial charge in [0.1, 0.15) is 5.82 Å². The van der Waals surface area contributed by atoms with Crippen molar-refractivity contribution in [3.63, 3.8) is 0 Å². The van der Waals surface area contributed by atoms with Crippen molar-refractivity contribution >= 4 is 32.8 Å². The molecule has 0 spiro atoms. The molecular weight excluding hydrogens is 1160 g/mol. The number of imidazole rings is 1. The molecule has 0 saturated heterocycles. The van der Waals surface area contributed by atoms with E-state index in [0.717, 1.165) is 74.0 Å². The smallest absolute Gasteiger partial charge is 0.268 e. The Labute approximate surface area is 487 Å². The Kier molecular flexibility index (Phi) is 12.6. The third-order valence-corrected chi connectivity index (χ3v) is 17.3. The van der Waals surface area contributed by atoms with Crippen LogP contribution in [0.15, 0.2) is 164 Å². The van der Waals surface area contributed by atoms with E-state index in [-0.39, 0.29) is 48.1 Å². The van der Waals surface area contributed by atoms with Crippen LogP contribution in [0.4, 0.5) is 0 Å². The van der Waals surface area contributed by atoms with Gasteiger partial charge in [0.15, 0.2) is 0 Å². The fraction of sp³-hybridized carbons (Fsp3) is 0.270. The number of benzene rings is 8. The van der Waals surface area contributed by atoms with Crippen LogP contribution in [0.3, 0.4) is 0 Å². The first-order valence-corrected chi connectivity index (χ1v) is 28.2. The molecule has 0 saturated carbocycles.